The van der Waals surface area contributed by atoms with Crippen molar-refractivity contribution < 1.29 is 14.1 Å². The van der Waals surface area contributed by atoms with Gasteiger partial charge in [0.25, 0.3) is 0 Å². The lowest BCUT2D eigenvalue weighted by Gasteiger charge is -2.05. The van der Waals surface area contributed by atoms with Gasteiger partial charge in [-0.3, -0.25) is 9.00 Å². The molecule has 17 heavy (non-hydrogen) atoms. The van der Waals surface area contributed by atoms with Gasteiger partial charge in [0, 0.05) is 29.7 Å². The van der Waals surface area contributed by atoms with E-state index in [-0.39, 0.29) is 18.3 Å². The average molecular weight is 255 g/mol. The molecule has 1 atom stereocenters. The van der Waals surface area contributed by atoms with Gasteiger partial charge in [-0.2, -0.15) is 0 Å². The molecule has 5 heteroatoms. The van der Waals surface area contributed by atoms with Crippen molar-refractivity contribution in [3.63, 3.8) is 0 Å². The molecule has 0 spiro atoms. The maximum absolute atomic E-state index is 11.4. The Hall–Kier alpha value is -1.20. The van der Waals surface area contributed by atoms with Crippen LogP contribution in [0.5, 0.6) is 0 Å². The molecule has 0 saturated heterocycles. The number of amides is 1. The lowest BCUT2D eigenvalue weighted by Crippen LogP contribution is -2.28. The van der Waals surface area contributed by atoms with E-state index in [2.05, 4.69) is 5.32 Å². The Balaban J connectivity index is 2.24. The fourth-order valence-corrected chi connectivity index (χ4v) is 2.28. The first-order chi connectivity index (χ1) is 8.22. The van der Waals surface area contributed by atoms with Crippen LogP contribution < -0.4 is 5.32 Å². The van der Waals surface area contributed by atoms with E-state index < -0.39 is 10.8 Å². The fourth-order valence-electron chi connectivity index (χ4n) is 1.29. The first-order valence-corrected chi connectivity index (χ1v) is 6.97. The topological polar surface area (TPSA) is 66.4 Å². The van der Waals surface area contributed by atoms with Gasteiger partial charge in [0.05, 0.1) is 0 Å². The van der Waals surface area contributed by atoms with E-state index in [0.29, 0.717) is 18.7 Å². The highest BCUT2D eigenvalue weighted by atomic mass is 32.2. The fraction of sp³-hybridized carbons (Fsp3) is 0.417. The highest BCUT2D eigenvalue weighted by Gasteiger charge is 2.07. The molecule has 0 heterocycles. The van der Waals surface area contributed by atoms with E-state index in [1.807, 2.05) is 30.3 Å². The van der Waals surface area contributed by atoms with Gasteiger partial charge in [0.1, 0.15) is 5.75 Å². The molecule has 0 aliphatic heterocycles. The Labute approximate surface area is 104 Å². The van der Waals surface area contributed by atoms with Gasteiger partial charge < -0.3 is 10.4 Å². The van der Waals surface area contributed by atoms with Crippen LogP contribution >= 0.6 is 0 Å². The van der Waals surface area contributed by atoms with Crippen molar-refractivity contribution in [2.75, 3.05) is 18.1 Å². The number of benzene rings is 1. The predicted molar refractivity (Wildman–Crippen MR) is 67.9 cm³/mol. The molecule has 4 nitrogen and oxygen atoms in total. The van der Waals surface area contributed by atoms with Crippen LogP contribution in [0.25, 0.3) is 0 Å². The second kappa shape index (κ2) is 7.97. The average Bonchev–Trinajstić information content (AvgIpc) is 2.35. The number of aliphatic hydroxyl groups is 1. The molecule has 0 aliphatic rings. The third kappa shape index (κ3) is 6.19. The van der Waals surface area contributed by atoms with Gasteiger partial charge >= 0.3 is 0 Å². The lowest BCUT2D eigenvalue weighted by atomic mass is 10.2. The third-order valence-electron chi connectivity index (χ3n) is 2.15. The van der Waals surface area contributed by atoms with Crippen LogP contribution in [0.2, 0.25) is 0 Å². The van der Waals surface area contributed by atoms with Crippen LogP contribution in [0, 0.1) is 0 Å². The summed E-state index contributed by atoms with van der Waals surface area (Å²) in [5.74, 6) is 0.160. The van der Waals surface area contributed by atoms with Gasteiger partial charge in [0.2, 0.25) is 5.91 Å². The monoisotopic (exact) mass is 255 g/mol. The minimum absolute atomic E-state index is 0.00678. The van der Waals surface area contributed by atoms with Gasteiger partial charge in [-0.15, -0.1) is 0 Å². The molecule has 0 aliphatic carbocycles. The summed E-state index contributed by atoms with van der Waals surface area (Å²) in [5.41, 5.74) is 1.02. The molecule has 1 amide bonds. The predicted octanol–water partition coefficient (Wildman–Crippen LogP) is 0.434. The van der Waals surface area contributed by atoms with Crippen molar-refractivity contribution in [3.8, 4) is 0 Å². The first-order valence-electron chi connectivity index (χ1n) is 5.49. The highest BCUT2D eigenvalue weighted by Crippen LogP contribution is 1.97. The number of hydrogen-bond donors (Lipinski definition) is 2. The van der Waals surface area contributed by atoms with Crippen LogP contribution in [0.15, 0.2) is 30.3 Å². The van der Waals surface area contributed by atoms with Crippen molar-refractivity contribution in [1.29, 1.82) is 0 Å². The first kappa shape index (κ1) is 13.9. The molecule has 1 aromatic carbocycles. The van der Waals surface area contributed by atoms with E-state index in [4.69, 9.17) is 5.11 Å². The van der Waals surface area contributed by atoms with Gasteiger partial charge in [-0.25, -0.2) is 0 Å². The molecule has 1 unspecified atom stereocenters. The van der Waals surface area contributed by atoms with Crippen molar-refractivity contribution in [1.82, 2.24) is 5.32 Å². The van der Waals surface area contributed by atoms with Crippen molar-refractivity contribution in [2.24, 2.45) is 0 Å². The van der Waals surface area contributed by atoms with Crippen molar-refractivity contribution in [3.05, 3.63) is 35.9 Å². The zero-order valence-corrected chi connectivity index (χ0v) is 10.4. The number of carbonyl (C=O) groups is 1. The lowest BCUT2D eigenvalue weighted by molar-refractivity contribution is -0.118. The number of carbonyl (C=O) groups excluding carboxylic acids is 1. The minimum atomic E-state index is -1.18. The SMILES string of the molecule is O=C(CS(=O)CCCO)NCc1ccccc1. The van der Waals surface area contributed by atoms with Crippen LogP contribution in [-0.2, 0) is 22.1 Å². The Morgan fingerprint density at radius 2 is 2.00 bits per heavy atom. The molecule has 0 bridgehead atoms. The Morgan fingerprint density at radius 3 is 2.65 bits per heavy atom. The second-order valence-corrected chi connectivity index (χ2v) is 5.20. The molecule has 2 N–H and O–H groups in total. The molecule has 0 saturated carbocycles. The van der Waals surface area contributed by atoms with Crippen molar-refractivity contribution in [2.45, 2.75) is 13.0 Å². The van der Waals surface area contributed by atoms with E-state index in [9.17, 15) is 9.00 Å². The molecule has 1 rings (SSSR count). The number of hydrogen-bond acceptors (Lipinski definition) is 3. The largest absolute Gasteiger partial charge is 0.396 e. The summed E-state index contributed by atoms with van der Waals surface area (Å²) in [7, 11) is -1.18. The number of nitrogens with one attached hydrogen (secondary N) is 1. The summed E-state index contributed by atoms with van der Waals surface area (Å²) < 4.78 is 11.4. The molecule has 0 fully saturated rings. The number of aliphatic hydroxyl groups excluding tert-OH is 1. The van der Waals surface area contributed by atoms with Crippen LogP contribution in [-0.4, -0.2) is 33.3 Å². The summed E-state index contributed by atoms with van der Waals surface area (Å²) in [6, 6.07) is 9.56. The van der Waals surface area contributed by atoms with E-state index in [1.165, 1.54) is 0 Å². The minimum Gasteiger partial charge on any atom is -0.396 e. The third-order valence-corrected chi connectivity index (χ3v) is 3.48. The summed E-state index contributed by atoms with van der Waals surface area (Å²) in [6.45, 7) is 0.467. The molecule has 94 valence electrons. The summed E-state index contributed by atoms with van der Waals surface area (Å²) in [6.07, 6.45) is 0.471. The maximum Gasteiger partial charge on any atom is 0.232 e. The van der Waals surface area contributed by atoms with E-state index in [1.54, 1.807) is 0 Å². The zero-order chi connectivity index (χ0) is 12.5. The maximum atomic E-state index is 11.4. The highest BCUT2D eigenvalue weighted by molar-refractivity contribution is 7.85. The Kier molecular flexibility index (Phi) is 6.50. The van der Waals surface area contributed by atoms with Gasteiger partial charge in [-0.1, -0.05) is 30.3 Å². The van der Waals surface area contributed by atoms with Crippen molar-refractivity contribution >= 4 is 16.7 Å². The summed E-state index contributed by atoms with van der Waals surface area (Å²) in [4.78, 5) is 11.4. The van der Waals surface area contributed by atoms with Gasteiger partial charge in [-0.05, 0) is 12.0 Å². The summed E-state index contributed by atoms with van der Waals surface area (Å²) in [5, 5.41) is 11.3. The molecule has 0 radical (unpaired) electrons. The smallest absolute Gasteiger partial charge is 0.232 e. The standard InChI is InChI=1S/C12H17NO3S/c14-7-4-8-17(16)10-12(15)13-9-11-5-2-1-3-6-11/h1-3,5-6,14H,4,7-10H2,(H,13,15). The quantitative estimate of drug-likeness (QED) is 0.742. The van der Waals surface area contributed by atoms with Gasteiger partial charge in [0.15, 0.2) is 0 Å². The Bertz CT molecular complexity index is 367. The van der Waals surface area contributed by atoms with Crippen LogP contribution in [0.4, 0.5) is 0 Å². The zero-order valence-electron chi connectivity index (χ0n) is 9.59. The van der Waals surface area contributed by atoms with E-state index >= 15 is 0 Å². The summed E-state index contributed by atoms with van der Waals surface area (Å²) >= 11 is 0. The molecule has 1 aromatic rings. The van der Waals surface area contributed by atoms with E-state index in [0.717, 1.165) is 5.56 Å². The normalized spacial score (nSPS) is 12.1. The molecule has 0 aromatic heterocycles. The van der Waals surface area contributed by atoms with Crippen LogP contribution in [0.1, 0.15) is 12.0 Å². The molecular formula is C12H17NO3S. The Morgan fingerprint density at radius 1 is 1.29 bits per heavy atom. The van der Waals surface area contributed by atoms with Crippen LogP contribution in [0.3, 0.4) is 0 Å². The molecular weight excluding hydrogens is 238 g/mol. The second-order valence-electron chi connectivity index (χ2n) is 3.63. The number of rotatable bonds is 7.